The molecular weight excluding hydrogens is 603 g/mol. The third kappa shape index (κ3) is 7.37. The maximum absolute atomic E-state index is 12.9. The minimum absolute atomic E-state index is 0.0320. The molecule has 0 saturated heterocycles. The molecule has 0 aliphatic carbocycles. The van der Waals surface area contributed by atoms with E-state index in [4.69, 9.17) is 11.6 Å². The number of benzene rings is 4. The van der Waals surface area contributed by atoms with Gasteiger partial charge in [-0.15, -0.1) is 0 Å². The zero-order valence-electron chi connectivity index (χ0n) is 21.0. The second-order valence-electron chi connectivity index (χ2n) is 8.78. The minimum Gasteiger partial charge on any atom is -0.322 e. The Bertz CT molecular complexity index is 1810. The smallest absolute Gasteiger partial charge is 0.322 e. The summed E-state index contributed by atoms with van der Waals surface area (Å²) < 4.78 is 93.8. The molecule has 41 heavy (non-hydrogen) atoms. The van der Waals surface area contributed by atoms with Crippen molar-refractivity contribution in [1.82, 2.24) is 0 Å². The van der Waals surface area contributed by atoms with E-state index < -0.39 is 37.7 Å². The lowest BCUT2D eigenvalue weighted by Crippen LogP contribution is -2.15. The van der Waals surface area contributed by atoms with Crippen LogP contribution in [0.2, 0.25) is 5.02 Å². The van der Waals surface area contributed by atoms with Crippen molar-refractivity contribution in [3.8, 4) is 0 Å². The number of nitrogens with one attached hydrogen (secondary N) is 3. The molecule has 14 heteroatoms. The Kier molecular flexibility index (Phi) is 8.34. The van der Waals surface area contributed by atoms with Crippen molar-refractivity contribution in [2.75, 3.05) is 14.8 Å². The Morgan fingerprint density at radius 1 is 0.732 bits per heavy atom. The molecule has 0 spiro atoms. The standard InChI is InChI=1S/C27H21ClF3N3O5S2/c1-17-5-10-22(11-6-17)41(38,39)34-25-14-7-18(15-24(25)28)26(35)32-20-8-12-23(13-9-20)40(36,37)33-21-4-2-3-19(16-21)27(29,30)31/h2-16,33-34H,1H3,(H,32,35). The molecule has 4 aromatic rings. The third-order valence-corrected chi connectivity index (χ3v) is 8.76. The quantitative estimate of drug-likeness (QED) is 0.206. The summed E-state index contributed by atoms with van der Waals surface area (Å²) in [7, 11) is -8.14. The summed E-state index contributed by atoms with van der Waals surface area (Å²) in [5.41, 5.74) is -0.0113. The molecule has 1 amide bonds. The Morgan fingerprint density at radius 3 is 1.90 bits per heavy atom. The summed E-state index contributed by atoms with van der Waals surface area (Å²) in [6.45, 7) is 1.82. The number of amides is 1. The van der Waals surface area contributed by atoms with Crippen LogP contribution in [0.3, 0.4) is 0 Å². The van der Waals surface area contributed by atoms with E-state index in [2.05, 4.69) is 14.8 Å². The van der Waals surface area contributed by atoms with Crippen LogP contribution in [0.25, 0.3) is 0 Å². The first kappa shape index (κ1) is 29.9. The van der Waals surface area contributed by atoms with E-state index >= 15 is 0 Å². The van der Waals surface area contributed by atoms with Crippen LogP contribution in [0, 0.1) is 6.92 Å². The van der Waals surface area contributed by atoms with Gasteiger partial charge in [0.25, 0.3) is 26.0 Å². The van der Waals surface area contributed by atoms with Crippen molar-refractivity contribution < 1.29 is 34.8 Å². The van der Waals surface area contributed by atoms with Gasteiger partial charge in [0.2, 0.25) is 0 Å². The van der Waals surface area contributed by atoms with Crippen molar-refractivity contribution in [2.24, 2.45) is 0 Å². The van der Waals surface area contributed by atoms with Crippen LogP contribution in [0.15, 0.2) is 101 Å². The van der Waals surface area contributed by atoms with Crippen LogP contribution in [0.4, 0.5) is 30.2 Å². The number of rotatable bonds is 8. The van der Waals surface area contributed by atoms with E-state index in [-0.39, 0.29) is 37.4 Å². The molecule has 4 aromatic carbocycles. The highest BCUT2D eigenvalue weighted by atomic mass is 35.5. The lowest BCUT2D eigenvalue weighted by atomic mass is 10.2. The van der Waals surface area contributed by atoms with Gasteiger partial charge in [-0.2, -0.15) is 13.2 Å². The van der Waals surface area contributed by atoms with Crippen molar-refractivity contribution in [3.63, 3.8) is 0 Å². The number of alkyl halides is 3. The van der Waals surface area contributed by atoms with Gasteiger partial charge in [-0.3, -0.25) is 14.2 Å². The lowest BCUT2D eigenvalue weighted by Gasteiger charge is -2.12. The largest absolute Gasteiger partial charge is 0.416 e. The highest BCUT2D eigenvalue weighted by Crippen LogP contribution is 2.31. The van der Waals surface area contributed by atoms with Crippen molar-refractivity contribution in [2.45, 2.75) is 22.9 Å². The third-order valence-electron chi connectivity index (χ3n) is 5.67. The number of hydrogen-bond donors (Lipinski definition) is 3. The first-order chi connectivity index (χ1) is 19.1. The fourth-order valence-corrected chi connectivity index (χ4v) is 5.97. The summed E-state index contributed by atoms with van der Waals surface area (Å²) in [5.74, 6) is -0.613. The molecule has 0 aliphatic rings. The molecule has 4 rings (SSSR count). The Morgan fingerprint density at radius 2 is 1.32 bits per heavy atom. The predicted octanol–water partition coefficient (Wildman–Crippen LogP) is 6.52. The van der Waals surface area contributed by atoms with E-state index in [1.807, 2.05) is 6.92 Å². The van der Waals surface area contributed by atoms with Crippen LogP contribution >= 0.6 is 11.6 Å². The molecule has 0 unspecified atom stereocenters. The Hall–Kier alpha value is -4.07. The number of anilines is 3. The van der Waals surface area contributed by atoms with Gasteiger partial charge < -0.3 is 5.32 Å². The molecule has 8 nitrogen and oxygen atoms in total. The number of carbonyl (C=O) groups excluding carboxylic acids is 1. The minimum atomic E-state index is -4.64. The monoisotopic (exact) mass is 623 g/mol. The highest BCUT2D eigenvalue weighted by Gasteiger charge is 2.30. The molecule has 0 heterocycles. The predicted molar refractivity (Wildman–Crippen MR) is 150 cm³/mol. The molecular formula is C27H21ClF3N3O5S2. The topological polar surface area (TPSA) is 121 Å². The van der Waals surface area contributed by atoms with Gasteiger partial charge in [-0.1, -0.05) is 35.4 Å². The van der Waals surface area contributed by atoms with Gasteiger partial charge in [0.15, 0.2) is 0 Å². The number of carbonyl (C=O) groups is 1. The van der Waals surface area contributed by atoms with E-state index in [1.54, 1.807) is 12.1 Å². The molecule has 0 aliphatic heterocycles. The molecule has 0 saturated carbocycles. The molecule has 3 N–H and O–H groups in total. The zero-order valence-corrected chi connectivity index (χ0v) is 23.4. The molecule has 0 fully saturated rings. The molecule has 0 radical (unpaired) electrons. The maximum atomic E-state index is 12.9. The van der Waals surface area contributed by atoms with Gasteiger partial charge >= 0.3 is 6.18 Å². The van der Waals surface area contributed by atoms with Gasteiger partial charge in [0, 0.05) is 16.9 Å². The van der Waals surface area contributed by atoms with Crippen molar-refractivity contribution in [3.05, 3.63) is 113 Å². The van der Waals surface area contributed by atoms with Gasteiger partial charge in [-0.25, -0.2) is 16.8 Å². The Labute approximate surface area is 239 Å². The SMILES string of the molecule is Cc1ccc(S(=O)(=O)Nc2ccc(C(=O)Nc3ccc(S(=O)(=O)Nc4cccc(C(F)(F)F)c4)cc3)cc2Cl)cc1. The average molecular weight is 624 g/mol. The molecule has 0 atom stereocenters. The first-order valence-electron chi connectivity index (χ1n) is 11.6. The second kappa shape index (κ2) is 11.4. The van der Waals surface area contributed by atoms with E-state index in [0.29, 0.717) is 6.07 Å². The summed E-state index contributed by atoms with van der Waals surface area (Å²) in [4.78, 5) is 12.5. The lowest BCUT2D eigenvalue weighted by molar-refractivity contribution is -0.137. The van der Waals surface area contributed by atoms with Crippen LogP contribution in [0.1, 0.15) is 21.5 Å². The van der Waals surface area contributed by atoms with Gasteiger partial charge in [-0.05, 0) is 79.7 Å². The molecule has 0 bridgehead atoms. The molecule has 0 aromatic heterocycles. The Balaban J connectivity index is 1.43. The second-order valence-corrected chi connectivity index (χ2v) is 12.5. The number of halogens is 4. The normalized spacial score (nSPS) is 12.0. The average Bonchev–Trinajstić information content (AvgIpc) is 2.90. The number of hydrogen-bond acceptors (Lipinski definition) is 5. The molecule has 214 valence electrons. The fourth-order valence-electron chi connectivity index (χ4n) is 3.55. The summed E-state index contributed by atoms with van der Waals surface area (Å²) >= 11 is 6.22. The fraction of sp³-hybridized carbons (Fsp3) is 0.0741. The maximum Gasteiger partial charge on any atom is 0.416 e. The highest BCUT2D eigenvalue weighted by molar-refractivity contribution is 7.93. The van der Waals surface area contributed by atoms with Crippen LogP contribution in [-0.4, -0.2) is 22.7 Å². The van der Waals surface area contributed by atoms with E-state index in [1.165, 1.54) is 60.7 Å². The summed E-state index contributed by atoms with van der Waals surface area (Å²) in [5, 5.41) is 2.53. The van der Waals surface area contributed by atoms with Crippen LogP contribution in [-0.2, 0) is 26.2 Å². The van der Waals surface area contributed by atoms with Crippen LogP contribution < -0.4 is 14.8 Å². The first-order valence-corrected chi connectivity index (χ1v) is 15.0. The van der Waals surface area contributed by atoms with E-state index in [9.17, 15) is 34.8 Å². The van der Waals surface area contributed by atoms with Gasteiger partial charge in [0.05, 0.1) is 26.1 Å². The van der Waals surface area contributed by atoms with E-state index in [0.717, 1.165) is 17.7 Å². The van der Waals surface area contributed by atoms with Crippen LogP contribution in [0.5, 0.6) is 0 Å². The van der Waals surface area contributed by atoms with Crippen molar-refractivity contribution >= 4 is 54.6 Å². The van der Waals surface area contributed by atoms with Crippen molar-refractivity contribution in [1.29, 1.82) is 0 Å². The number of aryl methyl sites for hydroxylation is 1. The number of sulfonamides is 2. The summed E-state index contributed by atoms with van der Waals surface area (Å²) in [6.07, 6.45) is -4.64. The summed E-state index contributed by atoms with van der Waals surface area (Å²) in [6, 6.07) is 18.8. The van der Waals surface area contributed by atoms with Gasteiger partial charge in [0.1, 0.15) is 0 Å². The zero-order chi connectivity index (χ0) is 30.0.